The minimum atomic E-state index is -0.0659. The van der Waals surface area contributed by atoms with Crippen LogP contribution in [0.2, 0.25) is 0 Å². The highest BCUT2D eigenvalue weighted by Gasteiger charge is 2.27. The summed E-state index contributed by atoms with van der Waals surface area (Å²) < 4.78 is 0. The zero-order valence-corrected chi connectivity index (χ0v) is 7.61. The number of aldehydes is 1. The van der Waals surface area contributed by atoms with Crippen molar-refractivity contribution in [1.82, 2.24) is 0 Å². The van der Waals surface area contributed by atoms with Gasteiger partial charge in [-0.05, 0) is 33.1 Å². The third kappa shape index (κ3) is 1.70. The molecule has 0 saturated carbocycles. The molecule has 0 aliphatic heterocycles. The van der Waals surface area contributed by atoms with Crippen LogP contribution in [0.4, 0.5) is 0 Å². The van der Waals surface area contributed by atoms with Crippen molar-refractivity contribution in [2.24, 2.45) is 5.41 Å². The standard InChI is InChI=1S/C10H16O/c1-8-4-5-10(3,7-11)6-9(8)2/h7H,4-6H2,1-3H3/t10-/m1/s1. The Balaban J connectivity index is 2.78. The van der Waals surface area contributed by atoms with Gasteiger partial charge in [0.2, 0.25) is 0 Å². The molecule has 0 aromatic heterocycles. The summed E-state index contributed by atoms with van der Waals surface area (Å²) in [5.74, 6) is 0. The molecule has 1 atom stereocenters. The molecule has 0 unspecified atom stereocenters. The summed E-state index contributed by atoms with van der Waals surface area (Å²) in [6.45, 7) is 6.35. The molecule has 1 nitrogen and oxygen atoms in total. The van der Waals surface area contributed by atoms with E-state index in [2.05, 4.69) is 20.8 Å². The van der Waals surface area contributed by atoms with Crippen LogP contribution >= 0.6 is 0 Å². The number of hydrogen-bond acceptors (Lipinski definition) is 1. The summed E-state index contributed by atoms with van der Waals surface area (Å²) in [4.78, 5) is 10.7. The first-order valence-corrected chi connectivity index (χ1v) is 4.19. The van der Waals surface area contributed by atoms with Gasteiger partial charge < -0.3 is 4.79 Å². The second kappa shape index (κ2) is 2.80. The molecule has 1 rings (SSSR count). The van der Waals surface area contributed by atoms with Crippen LogP contribution in [0.25, 0.3) is 0 Å². The Morgan fingerprint density at radius 1 is 1.36 bits per heavy atom. The van der Waals surface area contributed by atoms with Gasteiger partial charge in [-0.2, -0.15) is 0 Å². The van der Waals surface area contributed by atoms with Gasteiger partial charge in [0.15, 0.2) is 0 Å². The van der Waals surface area contributed by atoms with Crippen molar-refractivity contribution >= 4 is 6.29 Å². The normalized spacial score (nSPS) is 32.3. The quantitative estimate of drug-likeness (QED) is 0.417. The summed E-state index contributed by atoms with van der Waals surface area (Å²) in [6, 6.07) is 0. The van der Waals surface area contributed by atoms with Crippen molar-refractivity contribution in [1.29, 1.82) is 0 Å². The van der Waals surface area contributed by atoms with Crippen LogP contribution in [-0.4, -0.2) is 6.29 Å². The van der Waals surface area contributed by atoms with Crippen LogP contribution in [0.3, 0.4) is 0 Å². The Morgan fingerprint density at radius 2 is 2.00 bits per heavy atom. The van der Waals surface area contributed by atoms with Crippen LogP contribution in [0.15, 0.2) is 11.1 Å². The molecule has 0 saturated heterocycles. The molecule has 1 aliphatic rings. The molecule has 11 heavy (non-hydrogen) atoms. The van der Waals surface area contributed by atoms with Crippen molar-refractivity contribution in [3.05, 3.63) is 11.1 Å². The first-order valence-electron chi connectivity index (χ1n) is 4.19. The third-order valence-corrected chi connectivity index (χ3v) is 2.75. The maximum Gasteiger partial charge on any atom is 0.126 e. The highest BCUT2D eigenvalue weighted by molar-refractivity contribution is 5.60. The minimum absolute atomic E-state index is 0.0659. The van der Waals surface area contributed by atoms with Gasteiger partial charge in [0.05, 0.1) is 0 Å². The lowest BCUT2D eigenvalue weighted by atomic mass is 9.75. The van der Waals surface area contributed by atoms with Gasteiger partial charge in [-0.15, -0.1) is 0 Å². The molecule has 0 N–H and O–H groups in total. The van der Waals surface area contributed by atoms with Gasteiger partial charge in [-0.1, -0.05) is 18.1 Å². The van der Waals surface area contributed by atoms with Crippen molar-refractivity contribution in [3.8, 4) is 0 Å². The average molecular weight is 152 g/mol. The SMILES string of the molecule is CC1=C(C)C[C@](C)(C=O)CC1. The summed E-state index contributed by atoms with van der Waals surface area (Å²) in [6.07, 6.45) is 4.20. The van der Waals surface area contributed by atoms with Gasteiger partial charge in [-0.3, -0.25) is 0 Å². The van der Waals surface area contributed by atoms with Crippen molar-refractivity contribution < 1.29 is 4.79 Å². The van der Waals surface area contributed by atoms with Crippen molar-refractivity contribution in [3.63, 3.8) is 0 Å². The smallest absolute Gasteiger partial charge is 0.126 e. The fourth-order valence-corrected chi connectivity index (χ4v) is 1.63. The molecule has 62 valence electrons. The number of carbonyl (C=O) groups excluding carboxylic acids is 1. The van der Waals surface area contributed by atoms with Gasteiger partial charge in [-0.25, -0.2) is 0 Å². The molecule has 0 radical (unpaired) electrons. The molecule has 0 bridgehead atoms. The molecule has 0 fully saturated rings. The van der Waals surface area contributed by atoms with Gasteiger partial charge in [0.1, 0.15) is 6.29 Å². The number of rotatable bonds is 1. The van der Waals surface area contributed by atoms with Gasteiger partial charge >= 0.3 is 0 Å². The maximum absolute atomic E-state index is 10.7. The zero-order valence-electron chi connectivity index (χ0n) is 7.61. The third-order valence-electron chi connectivity index (χ3n) is 2.75. The Bertz CT molecular complexity index is 203. The Labute approximate surface area is 68.5 Å². The zero-order chi connectivity index (χ0) is 8.48. The molecule has 0 aromatic rings. The maximum atomic E-state index is 10.7. The second-order valence-electron chi connectivity index (χ2n) is 4.01. The van der Waals surface area contributed by atoms with E-state index in [1.54, 1.807) is 0 Å². The van der Waals surface area contributed by atoms with Gasteiger partial charge in [0.25, 0.3) is 0 Å². The number of allylic oxidation sites excluding steroid dienone is 2. The summed E-state index contributed by atoms with van der Waals surface area (Å²) in [5.41, 5.74) is 2.82. The largest absolute Gasteiger partial charge is 0.303 e. The van der Waals surface area contributed by atoms with Crippen molar-refractivity contribution in [2.45, 2.75) is 40.0 Å². The van der Waals surface area contributed by atoms with E-state index in [9.17, 15) is 4.79 Å². The average Bonchev–Trinajstić information content (AvgIpc) is 1.98. The second-order valence-corrected chi connectivity index (χ2v) is 4.01. The van der Waals surface area contributed by atoms with Crippen LogP contribution in [0.5, 0.6) is 0 Å². The first kappa shape index (κ1) is 8.51. The lowest BCUT2D eigenvalue weighted by molar-refractivity contribution is -0.115. The van der Waals surface area contributed by atoms with E-state index in [1.807, 2.05) is 0 Å². The van der Waals surface area contributed by atoms with E-state index in [1.165, 1.54) is 11.1 Å². The van der Waals surface area contributed by atoms with E-state index in [-0.39, 0.29) is 5.41 Å². The fraction of sp³-hybridized carbons (Fsp3) is 0.700. The monoisotopic (exact) mass is 152 g/mol. The van der Waals surface area contributed by atoms with E-state index in [0.717, 1.165) is 25.5 Å². The molecule has 0 aromatic carbocycles. The predicted octanol–water partition coefficient (Wildman–Crippen LogP) is 2.71. The van der Waals surface area contributed by atoms with Crippen LogP contribution in [-0.2, 0) is 4.79 Å². The molecule has 0 spiro atoms. The summed E-state index contributed by atoms with van der Waals surface area (Å²) >= 11 is 0. The van der Waals surface area contributed by atoms with E-state index < -0.39 is 0 Å². The Kier molecular flexibility index (Phi) is 2.17. The molecular weight excluding hydrogens is 136 g/mol. The highest BCUT2D eigenvalue weighted by atomic mass is 16.1. The lowest BCUT2D eigenvalue weighted by Crippen LogP contribution is -2.22. The molecular formula is C10H16O. The van der Waals surface area contributed by atoms with Crippen LogP contribution in [0, 0.1) is 5.41 Å². The van der Waals surface area contributed by atoms with E-state index in [4.69, 9.17) is 0 Å². The Hall–Kier alpha value is -0.590. The van der Waals surface area contributed by atoms with E-state index in [0.29, 0.717) is 0 Å². The fourth-order valence-electron chi connectivity index (χ4n) is 1.63. The van der Waals surface area contributed by atoms with E-state index >= 15 is 0 Å². The predicted molar refractivity (Wildman–Crippen MR) is 46.4 cm³/mol. The molecule has 0 amide bonds. The summed E-state index contributed by atoms with van der Waals surface area (Å²) in [7, 11) is 0. The molecule has 1 aliphatic carbocycles. The lowest BCUT2D eigenvalue weighted by Gasteiger charge is -2.29. The van der Waals surface area contributed by atoms with Crippen LogP contribution < -0.4 is 0 Å². The van der Waals surface area contributed by atoms with Gasteiger partial charge in [0, 0.05) is 5.41 Å². The highest BCUT2D eigenvalue weighted by Crippen LogP contribution is 2.36. The first-order chi connectivity index (χ1) is 5.07. The Morgan fingerprint density at radius 3 is 2.45 bits per heavy atom. The number of carbonyl (C=O) groups is 1. The van der Waals surface area contributed by atoms with Crippen LogP contribution in [0.1, 0.15) is 40.0 Å². The van der Waals surface area contributed by atoms with Crippen molar-refractivity contribution in [2.75, 3.05) is 0 Å². The summed E-state index contributed by atoms with van der Waals surface area (Å²) in [5, 5.41) is 0. The topological polar surface area (TPSA) is 17.1 Å². The molecule has 0 heterocycles. The number of hydrogen-bond donors (Lipinski definition) is 0. The molecule has 1 heteroatoms. The minimum Gasteiger partial charge on any atom is -0.303 e.